The Labute approximate surface area is 120 Å². The molecule has 0 heterocycles. The van der Waals surface area contributed by atoms with E-state index in [4.69, 9.17) is 5.11 Å². The van der Waals surface area contributed by atoms with E-state index in [0.29, 0.717) is 0 Å². The van der Waals surface area contributed by atoms with Crippen molar-refractivity contribution in [2.45, 2.75) is 19.4 Å². The van der Waals surface area contributed by atoms with Crippen molar-refractivity contribution in [3.63, 3.8) is 0 Å². The molecular formula is C13H16N2O6. The van der Waals surface area contributed by atoms with Crippen LogP contribution in [-0.2, 0) is 4.79 Å². The molecule has 0 fully saturated rings. The van der Waals surface area contributed by atoms with Crippen molar-refractivity contribution in [1.29, 1.82) is 0 Å². The van der Waals surface area contributed by atoms with Crippen molar-refractivity contribution in [3.05, 3.63) is 39.9 Å². The highest BCUT2D eigenvalue weighted by molar-refractivity contribution is 5.94. The highest BCUT2D eigenvalue weighted by Crippen LogP contribution is 2.14. The zero-order chi connectivity index (χ0) is 16.0. The highest BCUT2D eigenvalue weighted by atomic mass is 16.6. The van der Waals surface area contributed by atoms with E-state index in [0.717, 1.165) is 0 Å². The summed E-state index contributed by atoms with van der Waals surface area (Å²) in [6.07, 6.45) is -1.05. The fourth-order valence-electron chi connectivity index (χ4n) is 1.73. The van der Waals surface area contributed by atoms with Gasteiger partial charge in [-0.1, -0.05) is 0 Å². The van der Waals surface area contributed by atoms with Crippen LogP contribution in [0.2, 0.25) is 0 Å². The van der Waals surface area contributed by atoms with E-state index in [2.05, 4.69) is 0 Å². The van der Waals surface area contributed by atoms with Gasteiger partial charge in [0.15, 0.2) is 0 Å². The fraction of sp³-hybridized carbons (Fsp3) is 0.385. The molecule has 8 heteroatoms. The molecule has 0 aromatic heterocycles. The molecule has 1 rings (SSSR count). The third kappa shape index (κ3) is 5.19. The van der Waals surface area contributed by atoms with Crippen LogP contribution < -0.4 is 0 Å². The largest absolute Gasteiger partial charge is 0.481 e. The number of aliphatic carboxylic acids is 1. The minimum atomic E-state index is -1.05. The monoisotopic (exact) mass is 296 g/mol. The van der Waals surface area contributed by atoms with Crippen molar-refractivity contribution < 1.29 is 24.7 Å². The number of rotatable bonds is 7. The molecule has 1 amide bonds. The molecular weight excluding hydrogens is 280 g/mol. The first-order valence-corrected chi connectivity index (χ1v) is 6.25. The lowest BCUT2D eigenvalue weighted by Crippen LogP contribution is -2.38. The van der Waals surface area contributed by atoms with E-state index >= 15 is 0 Å². The van der Waals surface area contributed by atoms with Gasteiger partial charge in [-0.05, 0) is 19.1 Å². The second-order valence-electron chi connectivity index (χ2n) is 4.55. The highest BCUT2D eigenvalue weighted by Gasteiger charge is 2.19. The van der Waals surface area contributed by atoms with E-state index in [1.54, 1.807) is 0 Å². The van der Waals surface area contributed by atoms with Crippen molar-refractivity contribution >= 4 is 17.6 Å². The lowest BCUT2D eigenvalue weighted by molar-refractivity contribution is -0.384. The molecule has 0 bridgehead atoms. The maximum atomic E-state index is 12.2. The molecule has 0 spiro atoms. The molecule has 0 radical (unpaired) electrons. The van der Waals surface area contributed by atoms with Gasteiger partial charge in [0, 0.05) is 30.8 Å². The molecule has 0 saturated carbocycles. The van der Waals surface area contributed by atoms with E-state index < -0.39 is 22.9 Å². The van der Waals surface area contributed by atoms with Crippen LogP contribution >= 0.6 is 0 Å². The van der Waals surface area contributed by atoms with Gasteiger partial charge < -0.3 is 15.1 Å². The average molecular weight is 296 g/mol. The van der Waals surface area contributed by atoms with Crippen LogP contribution in [0.15, 0.2) is 24.3 Å². The summed E-state index contributed by atoms with van der Waals surface area (Å²) in [6.45, 7) is 1.43. The number of aliphatic hydroxyl groups is 1. The fourth-order valence-corrected chi connectivity index (χ4v) is 1.73. The number of hydrogen-bond donors (Lipinski definition) is 2. The first-order chi connectivity index (χ1) is 9.81. The maximum absolute atomic E-state index is 12.2. The van der Waals surface area contributed by atoms with Crippen LogP contribution in [0, 0.1) is 10.1 Å². The Morgan fingerprint density at radius 2 is 1.90 bits per heavy atom. The molecule has 1 unspecified atom stereocenters. The number of nitrogens with zero attached hydrogens (tertiary/aromatic N) is 2. The second kappa shape index (κ2) is 7.34. The van der Waals surface area contributed by atoms with Gasteiger partial charge in [-0.2, -0.15) is 0 Å². The van der Waals surface area contributed by atoms with Crippen LogP contribution in [0.1, 0.15) is 23.7 Å². The summed E-state index contributed by atoms with van der Waals surface area (Å²) >= 11 is 0. The summed E-state index contributed by atoms with van der Waals surface area (Å²) in [5, 5.41) is 28.6. The summed E-state index contributed by atoms with van der Waals surface area (Å²) in [7, 11) is 0. The lowest BCUT2D eigenvalue weighted by Gasteiger charge is -2.23. The summed E-state index contributed by atoms with van der Waals surface area (Å²) in [4.78, 5) is 34.0. The molecule has 1 aromatic rings. The summed E-state index contributed by atoms with van der Waals surface area (Å²) in [6, 6.07) is 5.00. The van der Waals surface area contributed by atoms with E-state index in [1.807, 2.05) is 0 Å². The quantitative estimate of drug-likeness (QED) is 0.569. The number of carboxylic acid groups (broad SMARTS) is 1. The molecule has 0 aliphatic heterocycles. The van der Waals surface area contributed by atoms with Gasteiger partial charge in [0.05, 0.1) is 17.4 Å². The van der Waals surface area contributed by atoms with Crippen molar-refractivity contribution in [1.82, 2.24) is 4.90 Å². The van der Waals surface area contributed by atoms with Crippen molar-refractivity contribution in [3.8, 4) is 0 Å². The Balaban J connectivity index is 2.87. The molecule has 8 nitrogen and oxygen atoms in total. The third-order valence-corrected chi connectivity index (χ3v) is 2.69. The first kappa shape index (κ1) is 16.6. The topological polar surface area (TPSA) is 121 Å². The molecule has 1 aromatic carbocycles. The molecule has 2 N–H and O–H groups in total. The van der Waals surface area contributed by atoms with Gasteiger partial charge >= 0.3 is 5.97 Å². The number of non-ortho nitro benzene ring substituents is 1. The van der Waals surface area contributed by atoms with Crippen LogP contribution in [0.5, 0.6) is 0 Å². The standard InChI is InChI=1S/C13H16N2O6/c1-9(16)8-14(7-6-12(17)18)13(19)10-2-4-11(5-3-10)15(20)21/h2-5,9,16H,6-8H2,1H3,(H,17,18). The van der Waals surface area contributed by atoms with Gasteiger partial charge in [-0.25, -0.2) is 0 Å². The third-order valence-electron chi connectivity index (χ3n) is 2.69. The number of benzene rings is 1. The first-order valence-electron chi connectivity index (χ1n) is 6.25. The Hall–Kier alpha value is -2.48. The van der Waals surface area contributed by atoms with Crippen molar-refractivity contribution in [2.24, 2.45) is 0 Å². The van der Waals surface area contributed by atoms with Crippen LogP contribution in [0.3, 0.4) is 0 Å². The number of aliphatic hydroxyl groups excluding tert-OH is 1. The minimum absolute atomic E-state index is 0.0108. The number of nitro groups is 1. The van der Waals surface area contributed by atoms with E-state index in [1.165, 1.54) is 36.1 Å². The summed E-state index contributed by atoms with van der Waals surface area (Å²) in [5.41, 5.74) is 0.0609. The van der Waals surface area contributed by atoms with Gasteiger partial charge in [-0.15, -0.1) is 0 Å². The number of carbonyl (C=O) groups is 2. The minimum Gasteiger partial charge on any atom is -0.481 e. The molecule has 0 aliphatic carbocycles. The van der Waals surface area contributed by atoms with Gasteiger partial charge in [0.1, 0.15) is 0 Å². The zero-order valence-electron chi connectivity index (χ0n) is 11.4. The SMILES string of the molecule is CC(O)CN(CCC(=O)O)C(=O)c1ccc([N+](=O)[O-])cc1. The summed E-state index contributed by atoms with van der Waals surface area (Å²) < 4.78 is 0. The van der Waals surface area contributed by atoms with Crippen LogP contribution in [-0.4, -0.2) is 51.1 Å². The maximum Gasteiger partial charge on any atom is 0.305 e. The van der Waals surface area contributed by atoms with Gasteiger partial charge in [0.25, 0.3) is 11.6 Å². The molecule has 114 valence electrons. The van der Waals surface area contributed by atoms with Gasteiger partial charge in [-0.3, -0.25) is 19.7 Å². The van der Waals surface area contributed by atoms with Crippen LogP contribution in [0.4, 0.5) is 5.69 Å². The number of carboxylic acids is 1. The smallest absolute Gasteiger partial charge is 0.305 e. The molecule has 0 saturated heterocycles. The zero-order valence-corrected chi connectivity index (χ0v) is 11.4. The van der Waals surface area contributed by atoms with E-state index in [9.17, 15) is 24.8 Å². The second-order valence-corrected chi connectivity index (χ2v) is 4.55. The summed E-state index contributed by atoms with van der Waals surface area (Å²) in [5.74, 6) is -1.53. The molecule has 1 atom stereocenters. The Morgan fingerprint density at radius 3 is 2.33 bits per heavy atom. The number of hydrogen-bond acceptors (Lipinski definition) is 5. The molecule has 0 aliphatic rings. The van der Waals surface area contributed by atoms with Crippen LogP contribution in [0.25, 0.3) is 0 Å². The van der Waals surface area contributed by atoms with Gasteiger partial charge in [0.2, 0.25) is 0 Å². The predicted molar refractivity (Wildman–Crippen MR) is 72.9 cm³/mol. The molecule has 21 heavy (non-hydrogen) atoms. The number of nitro benzene ring substituents is 1. The Kier molecular flexibility index (Phi) is 5.79. The van der Waals surface area contributed by atoms with Crippen molar-refractivity contribution in [2.75, 3.05) is 13.1 Å². The number of amides is 1. The van der Waals surface area contributed by atoms with E-state index in [-0.39, 0.29) is 30.8 Å². The Bertz CT molecular complexity index is 526. The Morgan fingerprint density at radius 1 is 1.33 bits per heavy atom. The lowest BCUT2D eigenvalue weighted by atomic mass is 10.1. The number of carbonyl (C=O) groups excluding carboxylic acids is 1. The average Bonchev–Trinajstić information content (AvgIpc) is 2.42. The predicted octanol–water partition coefficient (Wildman–Crippen LogP) is 0.893. The normalized spacial score (nSPS) is 11.7.